The molecule has 1 aliphatic rings. The van der Waals surface area contributed by atoms with Crippen molar-refractivity contribution >= 4 is 46.0 Å². The molecule has 8 heteroatoms. The molecule has 0 spiro atoms. The number of carbonyl (C=O) groups is 2. The molecule has 1 atom stereocenters. The molecule has 1 amide bonds. The number of anilines is 2. The summed E-state index contributed by atoms with van der Waals surface area (Å²) in [6, 6.07) is 24.4. The first-order valence-electron chi connectivity index (χ1n) is 11.9. The van der Waals surface area contributed by atoms with Gasteiger partial charge in [0.2, 0.25) is 0 Å². The molecule has 6 rings (SSSR count). The molecule has 37 heavy (non-hydrogen) atoms. The molecular weight excluding hydrogens is 484 g/mol. The van der Waals surface area contributed by atoms with Crippen molar-refractivity contribution in [2.75, 3.05) is 4.90 Å². The SMILES string of the molecule is CCC(OC(=O)c1ccc2nc(-c3cccnc3)[nH]c2c1)C(=O)N1c2ccccc2Sc2ccccc21. The number of imidazole rings is 1. The molecule has 1 N–H and O–H groups in total. The number of esters is 1. The number of hydrogen-bond acceptors (Lipinski definition) is 6. The van der Waals surface area contributed by atoms with E-state index in [0.717, 1.165) is 32.2 Å². The number of para-hydroxylation sites is 2. The fraction of sp³-hybridized carbons (Fsp3) is 0.103. The lowest BCUT2D eigenvalue weighted by Crippen LogP contribution is -2.39. The molecule has 0 fully saturated rings. The molecule has 0 saturated carbocycles. The van der Waals surface area contributed by atoms with Gasteiger partial charge in [0.15, 0.2) is 6.10 Å². The van der Waals surface area contributed by atoms with Gasteiger partial charge in [-0.05, 0) is 61.0 Å². The lowest BCUT2D eigenvalue weighted by atomic mass is 10.1. The summed E-state index contributed by atoms with van der Waals surface area (Å²) < 4.78 is 5.79. The second-order valence-electron chi connectivity index (χ2n) is 8.57. The van der Waals surface area contributed by atoms with Gasteiger partial charge in [-0.3, -0.25) is 14.7 Å². The van der Waals surface area contributed by atoms with E-state index in [4.69, 9.17) is 4.74 Å². The van der Waals surface area contributed by atoms with Gasteiger partial charge in [0.05, 0.1) is 28.0 Å². The van der Waals surface area contributed by atoms with E-state index in [2.05, 4.69) is 15.0 Å². The Balaban J connectivity index is 1.28. The standard InChI is InChI=1S/C29H22N4O3S/c1-2-24(28(34)33-22-9-3-5-11-25(22)37-26-12-6-4-10-23(26)33)36-29(35)18-13-14-20-21(16-18)32-27(31-20)19-8-7-15-30-17-19/h3-17,24H,2H2,1H3,(H,31,32). The number of nitrogens with zero attached hydrogens (tertiary/aromatic N) is 3. The topological polar surface area (TPSA) is 88.2 Å². The number of hydrogen-bond donors (Lipinski definition) is 1. The van der Waals surface area contributed by atoms with Crippen LogP contribution in [0.2, 0.25) is 0 Å². The van der Waals surface area contributed by atoms with Crippen molar-refractivity contribution in [2.45, 2.75) is 29.2 Å². The number of ether oxygens (including phenoxy) is 1. The number of pyridine rings is 1. The number of amides is 1. The smallest absolute Gasteiger partial charge is 0.338 e. The molecule has 0 aliphatic carbocycles. The highest BCUT2D eigenvalue weighted by molar-refractivity contribution is 7.99. The van der Waals surface area contributed by atoms with Crippen molar-refractivity contribution in [3.05, 3.63) is 96.8 Å². The second-order valence-corrected chi connectivity index (χ2v) is 9.66. The van der Waals surface area contributed by atoms with Crippen molar-refractivity contribution in [2.24, 2.45) is 0 Å². The van der Waals surface area contributed by atoms with Gasteiger partial charge in [0, 0.05) is 27.7 Å². The number of aromatic amines is 1. The number of fused-ring (bicyclic) bond motifs is 3. The Kier molecular flexibility index (Phi) is 5.94. The van der Waals surface area contributed by atoms with E-state index in [1.54, 1.807) is 47.3 Å². The molecule has 7 nitrogen and oxygen atoms in total. The monoisotopic (exact) mass is 506 g/mol. The first-order valence-corrected chi connectivity index (χ1v) is 12.7. The van der Waals surface area contributed by atoms with Crippen LogP contribution in [0.15, 0.2) is 101 Å². The molecule has 0 radical (unpaired) electrons. The van der Waals surface area contributed by atoms with Gasteiger partial charge < -0.3 is 9.72 Å². The summed E-state index contributed by atoms with van der Waals surface area (Å²) in [5.41, 5.74) is 4.18. The molecular formula is C29H22N4O3S. The molecule has 0 bridgehead atoms. The zero-order chi connectivity index (χ0) is 25.4. The van der Waals surface area contributed by atoms with Crippen LogP contribution in [-0.4, -0.2) is 32.9 Å². The minimum Gasteiger partial charge on any atom is -0.449 e. The summed E-state index contributed by atoms with van der Waals surface area (Å²) in [4.78, 5) is 42.6. The van der Waals surface area contributed by atoms with E-state index in [9.17, 15) is 9.59 Å². The molecule has 3 aromatic carbocycles. The van der Waals surface area contributed by atoms with Crippen LogP contribution >= 0.6 is 11.8 Å². The summed E-state index contributed by atoms with van der Waals surface area (Å²) in [6.45, 7) is 1.84. The molecule has 0 saturated heterocycles. The lowest BCUT2D eigenvalue weighted by Gasteiger charge is -2.33. The molecule has 1 aliphatic heterocycles. The van der Waals surface area contributed by atoms with Gasteiger partial charge in [-0.25, -0.2) is 9.78 Å². The Bertz CT molecular complexity index is 1590. The van der Waals surface area contributed by atoms with Gasteiger partial charge in [-0.2, -0.15) is 0 Å². The maximum atomic E-state index is 13.8. The maximum Gasteiger partial charge on any atom is 0.338 e. The molecule has 2 aromatic heterocycles. The predicted octanol–water partition coefficient (Wildman–Crippen LogP) is 6.39. The number of carbonyl (C=O) groups excluding carboxylic acids is 2. The molecule has 1 unspecified atom stereocenters. The van der Waals surface area contributed by atoms with Gasteiger partial charge in [0.1, 0.15) is 5.82 Å². The van der Waals surface area contributed by atoms with Crippen LogP contribution in [0.1, 0.15) is 23.7 Å². The number of aromatic nitrogens is 3. The Morgan fingerprint density at radius 1 is 0.973 bits per heavy atom. The van der Waals surface area contributed by atoms with Gasteiger partial charge in [-0.1, -0.05) is 43.0 Å². The van der Waals surface area contributed by atoms with Crippen LogP contribution in [-0.2, 0) is 9.53 Å². The molecule has 3 heterocycles. The fourth-order valence-electron chi connectivity index (χ4n) is 4.37. The highest BCUT2D eigenvalue weighted by atomic mass is 32.2. The van der Waals surface area contributed by atoms with E-state index >= 15 is 0 Å². The number of rotatable bonds is 5. The van der Waals surface area contributed by atoms with Crippen LogP contribution in [0, 0.1) is 0 Å². The minimum atomic E-state index is -0.944. The average molecular weight is 507 g/mol. The van der Waals surface area contributed by atoms with Crippen molar-refractivity contribution in [3.8, 4) is 11.4 Å². The summed E-state index contributed by atoms with van der Waals surface area (Å²) in [5.74, 6) is -0.180. The summed E-state index contributed by atoms with van der Waals surface area (Å²) in [7, 11) is 0. The number of nitrogens with one attached hydrogen (secondary N) is 1. The zero-order valence-corrected chi connectivity index (χ0v) is 20.7. The van der Waals surface area contributed by atoms with Crippen molar-refractivity contribution < 1.29 is 14.3 Å². The van der Waals surface area contributed by atoms with E-state index in [1.807, 2.05) is 67.6 Å². The van der Waals surface area contributed by atoms with Crippen LogP contribution in [0.25, 0.3) is 22.4 Å². The van der Waals surface area contributed by atoms with Crippen LogP contribution in [0.3, 0.4) is 0 Å². The number of benzene rings is 3. The van der Waals surface area contributed by atoms with Crippen LogP contribution in [0.5, 0.6) is 0 Å². The summed E-state index contributed by atoms with van der Waals surface area (Å²) in [5, 5.41) is 0. The van der Waals surface area contributed by atoms with Gasteiger partial charge in [0.25, 0.3) is 5.91 Å². The summed E-state index contributed by atoms with van der Waals surface area (Å²) in [6.07, 6.45) is 2.82. The van der Waals surface area contributed by atoms with Crippen LogP contribution in [0.4, 0.5) is 11.4 Å². The maximum absolute atomic E-state index is 13.8. The van der Waals surface area contributed by atoms with E-state index < -0.39 is 12.1 Å². The van der Waals surface area contributed by atoms with Gasteiger partial charge in [-0.15, -0.1) is 0 Å². The van der Waals surface area contributed by atoms with E-state index in [0.29, 0.717) is 23.3 Å². The zero-order valence-electron chi connectivity index (χ0n) is 19.9. The van der Waals surface area contributed by atoms with Crippen LogP contribution < -0.4 is 4.90 Å². The minimum absolute atomic E-state index is 0.280. The van der Waals surface area contributed by atoms with Crippen molar-refractivity contribution in [3.63, 3.8) is 0 Å². The lowest BCUT2D eigenvalue weighted by molar-refractivity contribution is -0.126. The highest BCUT2D eigenvalue weighted by Crippen LogP contribution is 2.48. The third-order valence-electron chi connectivity index (χ3n) is 6.20. The highest BCUT2D eigenvalue weighted by Gasteiger charge is 2.34. The predicted molar refractivity (Wildman–Crippen MR) is 143 cm³/mol. The van der Waals surface area contributed by atoms with Crippen molar-refractivity contribution in [1.29, 1.82) is 0 Å². The quantitative estimate of drug-likeness (QED) is 0.278. The largest absolute Gasteiger partial charge is 0.449 e. The normalized spacial score (nSPS) is 13.1. The molecule has 182 valence electrons. The van der Waals surface area contributed by atoms with E-state index in [1.165, 1.54) is 0 Å². The van der Waals surface area contributed by atoms with Crippen molar-refractivity contribution in [1.82, 2.24) is 15.0 Å². The fourth-order valence-corrected chi connectivity index (χ4v) is 5.43. The Labute approximate surface area is 217 Å². The molecule has 5 aromatic rings. The second kappa shape index (κ2) is 9.55. The summed E-state index contributed by atoms with van der Waals surface area (Å²) >= 11 is 1.62. The first-order chi connectivity index (χ1) is 18.1. The Morgan fingerprint density at radius 2 is 1.70 bits per heavy atom. The third kappa shape index (κ3) is 4.25. The van der Waals surface area contributed by atoms with E-state index in [-0.39, 0.29) is 5.91 Å². The first kappa shape index (κ1) is 23.0. The average Bonchev–Trinajstić information content (AvgIpc) is 3.38. The number of H-pyrrole nitrogens is 1. The van der Waals surface area contributed by atoms with Gasteiger partial charge >= 0.3 is 5.97 Å². The Hall–Kier alpha value is -4.43. The third-order valence-corrected chi connectivity index (χ3v) is 7.33. The Morgan fingerprint density at radius 3 is 2.38 bits per heavy atom.